The van der Waals surface area contributed by atoms with Crippen molar-refractivity contribution in [1.29, 1.82) is 0 Å². The highest BCUT2D eigenvalue weighted by Gasteiger charge is 2.15. The van der Waals surface area contributed by atoms with Crippen LogP contribution in [0.15, 0.2) is 24.4 Å². The summed E-state index contributed by atoms with van der Waals surface area (Å²) in [6.07, 6.45) is 2.04. The van der Waals surface area contributed by atoms with Gasteiger partial charge in [0.05, 0.1) is 17.3 Å². The molecule has 0 amide bonds. The molecular formula is C15H15ClN2S. The third-order valence-corrected chi connectivity index (χ3v) is 4.56. The maximum atomic E-state index is 5.87. The lowest BCUT2D eigenvalue weighted by Gasteiger charge is -2.07. The van der Waals surface area contributed by atoms with E-state index in [1.807, 2.05) is 6.20 Å². The molecule has 0 radical (unpaired) electrons. The largest absolute Gasteiger partial charge is 0.290 e. The summed E-state index contributed by atoms with van der Waals surface area (Å²) in [4.78, 5) is 6.84. The van der Waals surface area contributed by atoms with E-state index in [4.69, 9.17) is 11.6 Å². The number of nitrogens with zero attached hydrogens (tertiary/aromatic N) is 2. The van der Waals surface area contributed by atoms with Gasteiger partial charge in [0.2, 0.25) is 0 Å². The van der Waals surface area contributed by atoms with Gasteiger partial charge in [-0.3, -0.25) is 4.40 Å². The molecule has 0 N–H and O–H groups in total. The Morgan fingerprint density at radius 1 is 1.26 bits per heavy atom. The summed E-state index contributed by atoms with van der Waals surface area (Å²) < 4.78 is 2.16. The molecule has 2 aromatic heterocycles. The molecule has 2 nitrogen and oxygen atoms in total. The van der Waals surface area contributed by atoms with Crippen molar-refractivity contribution in [2.45, 2.75) is 26.7 Å². The highest BCUT2D eigenvalue weighted by Crippen LogP contribution is 2.33. The Labute approximate surface area is 121 Å². The summed E-state index contributed by atoms with van der Waals surface area (Å²) in [6, 6.07) is 6.57. The highest BCUT2D eigenvalue weighted by atomic mass is 35.5. The first-order valence-electron chi connectivity index (χ1n) is 6.21. The van der Waals surface area contributed by atoms with Gasteiger partial charge < -0.3 is 0 Å². The zero-order chi connectivity index (χ0) is 13.6. The van der Waals surface area contributed by atoms with Gasteiger partial charge in [0.15, 0.2) is 4.96 Å². The maximum absolute atomic E-state index is 5.87. The van der Waals surface area contributed by atoms with E-state index in [0.29, 0.717) is 5.88 Å². The van der Waals surface area contributed by atoms with E-state index in [0.717, 1.165) is 10.7 Å². The van der Waals surface area contributed by atoms with Crippen LogP contribution >= 0.6 is 22.9 Å². The van der Waals surface area contributed by atoms with E-state index in [-0.39, 0.29) is 0 Å². The first-order valence-corrected chi connectivity index (χ1v) is 7.56. The molecule has 0 aliphatic rings. The number of rotatable bonds is 2. The fraction of sp³-hybridized carbons (Fsp3) is 0.267. The van der Waals surface area contributed by atoms with Crippen LogP contribution in [-0.2, 0) is 5.88 Å². The fourth-order valence-electron chi connectivity index (χ4n) is 2.46. The molecule has 0 fully saturated rings. The van der Waals surface area contributed by atoms with Crippen molar-refractivity contribution in [3.05, 3.63) is 46.1 Å². The fourth-order valence-corrected chi connectivity index (χ4v) is 3.57. The van der Waals surface area contributed by atoms with E-state index in [1.54, 1.807) is 11.3 Å². The Kier molecular flexibility index (Phi) is 3.11. The van der Waals surface area contributed by atoms with E-state index < -0.39 is 0 Å². The third kappa shape index (κ3) is 2.07. The maximum Gasteiger partial charge on any atom is 0.194 e. The summed E-state index contributed by atoms with van der Waals surface area (Å²) in [5.74, 6) is 0.458. The van der Waals surface area contributed by atoms with Crippen LogP contribution in [0.4, 0.5) is 0 Å². The zero-order valence-electron chi connectivity index (χ0n) is 11.2. The van der Waals surface area contributed by atoms with Gasteiger partial charge in [-0.05, 0) is 26.3 Å². The first-order chi connectivity index (χ1) is 9.10. The zero-order valence-corrected chi connectivity index (χ0v) is 12.8. The number of thiazole rings is 1. The third-order valence-electron chi connectivity index (χ3n) is 3.32. The first kappa shape index (κ1) is 12.7. The van der Waals surface area contributed by atoms with Crippen LogP contribution in [0.5, 0.6) is 0 Å². The summed E-state index contributed by atoms with van der Waals surface area (Å²) in [6.45, 7) is 6.43. The minimum atomic E-state index is 0.458. The van der Waals surface area contributed by atoms with Crippen molar-refractivity contribution in [2.24, 2.45) is 0 Å². The lowest BCUT2D eigenvalue weighted by Crippen LogP contribution is -1.90. The number of benzene rings is 1. The lowest BCUT2D eigenvalue weighted by molar-refractivity contribution is 1.19. The van der Waals surface area contributed by atoms with Gasteiger partial charge in [0.1, 0.15) is 0 Å². The second kappa shape index (κ2) is 4.66. The van der Waals surface area contributed by atoms with Crippen molar-refractivity contribution >= 4 is 27.9 Å². The molecule has 0 atom stereocenters. The quantitative estimate of drug-likeness (QED) is 0.624. The molecular weight excluding hydrogens is 276 g/mol. The van der Waals surface area contributed by atoms with Gasteiger partial charge in [-0.25, -0.2) is 4.98 Å². The Hall–Kier alpha value is -1.32. The van der Waals surface area contributed by atoms with Crippen LogP contribution < -0.4 is 0 Å². The topological polar surface area (TPSA) is 17.3 Å². The van der Waals surface area contributed by atoms with E-state index in [2.05, 4.69) is 48.4 Å². The van der Waals surface area contributed by atoms with Gasteiger partial charge >= 0.3 is 0 Å². The number of halogens is 1. The normalized spacial score (nSPS) is 11.4. The smallest absolute Gasteiger partial charge is 0.194 e. The number of hydrogen-bond donors (Lipinski definition) is 0. The summed E-state index contributed by atoms with van der Waals surface area (Å²) in [7, 11) is 0. The number of hydrogen-bond acceptors (Lipinski definition) is 2. The molecule has 0 saturated carbocycles. The van der Waals surface area contributed by atoms with Crippen molar-refractivity contribution < 1.29 is 0 Å². The Bertz CT molecular complexity index is 755. The second-order valence-corrected chi connectivity index (χ2v) is 6.29. The van der Waals surface area contributed by atoms with Crippen molar-refractivity contribution in [1.82, 2.24) is 9.38 Å². The number of imidazole rings is 1. The molecule has 0 bridgehead atoms. The average Bonchev–Trinajstić information content (AvgIpc) is 2.87. The average molecular weight is 291 g/mol. The van der Waals surface area contributed by atoms with Gasteiger partial charge in [-0.1, -0.05) is 23.8 Å². The van der Waals surface area contributed by atoms with Gasteiger partial charge in [0.25, 0.3) is 0 Å². The van der Waals surface area contributed by atoms with Crippen LogP contribution in [0, 0.1) is 20.8 Å². The molecule has 1 aromatic carbocycles. The minimum absolute atomic E-state index is 0.458. The van der Waals surface area contributed by atoms with E-state index in [9.17, 15) is 0 Å². The molecule has 0 aliphatic heterocycles. The monoisotopic (exact) mass is 290 g/mol. The van der Waals surface area contributed by atoms with Gasteiger partial charge in [-0.2, -0.15) is 0 Å². The highest BCUT2D eigenvalue weighted by molar-refractivity contribution is 7.17. The molecule has 3 rings (SSSR count). The minimum Gasteiger partial charge on any atom is -0.290 e. The SMILES string of the molecule is Cc1ccc(-c2c(C)sc3nc(CCl)cn23)c(C)c1. The van der Waals surface area contributed by atoms with Crippen molar-refractivity contribution in [2.75, 3.05) is 0 Å². The summed E-state index contributed by atoms with van der Waals surface area (Å²) in [5.41, 5.74) is 6.02. The number of aryl methyl sites for hydroxylation is 3. The molecule has 0 spiro atoms. The second-order valence-electron chi connectivity index (χ2n) is 4.84. The van der Waals surface area contributed by atoms with Crippen molar-refractivity contribution in [3.63, 3.8) is 0 Å². The van der Waals surface area contributed by atoms with E-state index in [1.165, 1.54) is 27.3 Å². The number of fused-ring (bicyclic) bond motifs is 1. The molecule has 19 heavy (non-hydrogen) atoms. The van der Waals surface area contributed by atoms with E-state index >= 15 is 0 Å². The standard InChI is InChI=1S/C15H15ClN2S/c1-9-4-5-13(10(2)6-9)14-11(3)19-15-17-12(7-16)8-18(14)15/h4-6,8H,7H2,1-3H3. The van der Waals surface area contributed by atoms with Gasteiger partial charge in [0, 0.05) is 16.6 Å². The molecule has 0 saturated heterocycles. The summed E-state index contributed by atoms with van der Waals surface area (Å²) in [5, 5.41) is 0. The molecule has 0 aliphatic carbocycles. The Balaban J connectivity index is 2.28. The van der Waals surface area contributed by atoms with Crippen LogP contribution in [0.1, 0.15) is 21.7 Å². The summed E-state index contributed by atoms with van der Waals surface area (Å²) >= 11 is 7.59. The van der Waals surface area contributed by atoms with Crippen molar-refractivity contribution in [3.8, 4) is 11.3 Å². The molecule has 98 valence electrons. The van der Waals surface area contributed by atoms with Gasteiger partial charge in [-0.15, -0.1) is 22.9 Å². The molecule has 0 unspecified atom stereocenters. The number of aromatic nitrogens is 2. The van der Waals surface area contributed by atoms with Crippen LogP contribution in [0.25, 0.3) is 16.2 Å². The molecule has 4 heteroatoms. The number of alkyl halides is 1. The van der Waals surface area contributed by atoms with Crippen LogP contribution in [-0.4, -0.2) is 9.38 Å². The Morgan fingerprint density at radius 3 is 2.74 bits per heavy atom. The van der Waals surface area contributed by atoms with Crippen LogP contribution in [0.3, 0.4) is 0 Å². The molecule has 3 aromatic rings. The lowest BCUT2D eigenvalue weighted by atomic mass is 10.0. The predicted octanol–water partition coefficient (Wildman–Crippen LogP) is 4.73. The van der Waals surface area contributed by atoms with Crippen LogP contribution in [0.2, 0.25) is 0 Å². The molecule has 2 heterocycles. The predicted molar refractivity (Wildman–Crippen MR) is 82.3 cm³/mol. The Morgan fingerprint density at radius 2 is 2.05 bits per heavy atom.